The van der Waals surface area contributed by atoms with Gasteiger partial charge in [0.1, 0.15) is 5.56 Å². The lowest BCUT2D eigenvalue weighted by Gasteiger charge is -2.13. The SMILES string of the molecule is Cc1ccccc1-n1c(O)c(/C=C2\C=CC=N2)c(=O)[nH]c1=S. The first-order valence-corrected chi connectivity index (χ1v) is 7.05. The molecule has 1 aromatic carbocycles. The van der Waals surface area contributed by atoms with Gasteiger partial charge < -0.3 is 5.11 Å². The number of hydrogen-bond donors (Lipinski definition) is 2. The molecule has 5 nitrogen and oxygen atoms in total. The molecule has 0 spiro atoms. The molecule has 0 unspecified atom stereocenters. The van der Waals surface area contributed by atoms with E-state index in [0.717, 1.165) is 5.56 Å². The number of H-pyrrole nitrogens is 1. The van der Waals surface area contributed by atoms with Crippen molar-refractivity contribution in [2.45, 2.75) is 6.92 Å². The van der Waals surface area contributed by atoms with Crippen LogP contribution in [0.2, 0.25) is 0 Å². The highest BCUT2D eigenvalue weighted by molar-refractivity contribution is 7.71. The zero-order valence-corrected chi connectivity index (χ0v) is 12.6. The van der Waals surface area contributed by atoms with Crippen LogP contribution < -0.4 is 5.56 Å². The second-order valence-corrected chi connectivity index (χ2v) is 5.21. The molecule has 0 bridgehead atoms. The number of aliphatic imine (C=N–C) groups is 1. The molecule has 110 valence electrons. The minimum absolute atomic E-state index is 0.121. The number of allylic oxidation sites excluding steroid dienone is 2. The summed E-state index contributed by atoms with van der Waals surface area (Å²) in [5.41, 5.74) is 1.91. The predicted molar refractivity (Wildman–Crippen MR) is 89.2 cm³/mol. The standard InChI is InChI=1S/C16H13N3O2S/c1-10-5-2-3-7-13(10)19-15(21)12(14(20)18-16(19)22)9-11-6-4-8-17-11/h2-9,21H,1H3,(H,18,20,22)/b11-9+. The maximum absolute atomic E-state index is 12.1. The van der Waals surface area contributed by atoms with Crippen molar-refractivity contribution in [2.75, 3.05) is 0 Å². The van der Waals surface area contributed by atoms with Gasteiger partial charge in [0.15, 0.2) is 4.77 Å². The summed E-state index contributed by atoms with van der Waals surface area (Å²) in [7, 11) is 0. The van der Waals surface area contributed by atoms with E-state index in [1.165, 1.54) is 10.6 Å². The van der Waals surface area contributed by atoms with E-state index in [1.54, 1.807) is 18.4 Å². The number of para-hydroxylation sites is 1. The van der Waals surface area contributed by atoms with E-state index < -0.39 is 5.56 Å². The number of nitrogens with zero attached hydrogens (tertiary/aromatic N) is 2. The normalized spacial score (nSPS) is 14.9. The number of nitrogens with one attached hydrogen (secondary N) is 1. The van der Waals surface area contributed by atoms with Crippen molar-refractivity contribution in [1.29, 1.82) is 0 Å². The van der Waals surface area contributed by atoms with Crippen molar-refractivity contribution >= 4 is 24.5 Å². The smallest absolute Gasteiger partial charge is 0.262 e. The summed E-state index contributed by atoms with van der Waals surface area (Å²) in [5.74, 6) is -0.203. The van der Waals surface area contributed by atoms with Crippen LogP contribution in [0.5, 0.6) is 5.88 Å². The first-order chi connectivity index (χ1) is 10.6. The Labute approximate surface area is 131 Å². The maximum atomic E-state index is 12.1. The molecule has 2 heterocycles. The minimum atomic E-state index is -0.449. The summed E-state index contributed by atoms with van der Waals surface area (Å²) < 4.78 is 1.59. The summed E-state index contributed by atoms with van der Waals surface area (Å²) in [4.78, 5) is 18.8. The molecule has 0 atom stereocenters. The number of benzene rings is 1. The lowest BCUT2D eigenvalue weighted by atomic mass is 10.2. The third-order valence-corrected chi connectivity index (χ3v) is 3.63. The fraction of sp³-hybridized carbons (Fsp3) is 0.0625. The number of aryl methyl sites for hydroxylation is 1. The van der Waals surface area contributed by atoms with Gasteiger partial charge >= 0.3 is 0 Å². The summed E-state index contributed by atoms with van der Waals surface area (Å²) in [6, 6.07) is 7.47. The number of aromatic nitrogens is 2. The zero-order valence-electron chi connectivity index (χ0n) is 11.8. The van der Waals surface area contributed by atoms with Gasteiger partial charge in [0.05, 0.1) is 11.4 Å². The van der Waals surface area contributed by atoms with Crippen LogP contribution in [0.3, 0.4) is 0 Å². The lowest BCUT2D eigenvalue weighted by Crippen LogP contribution is -2.16. The van der Waals surface area contributed by atoms with E-state index in [0.29, 0.717) is 11.4 Å². The topological polar surface area (TPSA) is 70.4 Å². The Morgan fingerprint density at radius 1 is 1.36 bits per heavy atom. The molecule has 3 rings (SSSR count). The molecular formula is C16H13N3O2S. The van der Waals surface area contributed by atoms with Crippen molar-refractivity contribution in [2.24, 2.45) is 4.99 Å². The Kier molecular flexibility index (Phi) is 3.60. The molecule has 0 saturated carbocycles. The lowest BCUT2D eigenvalue weighted by molar-refractivity contribution is 0.431. The minimum Gasteiger partial charge on any atom is -0.494 e. The van der Waals surface area contributed by atoms with Gasteiger partial charge in [-0.2, -0.15) is 0 Å². The van der Waals surface area contributed by atoms with Crippen molar-refractivity contribution in [3.05, 3.63) is 68.4 Å². The van der Waals surface area contributed by atoms with E-state index in [-0.39, 0.29) is 16.2 Å². The van der Waals surface area contributed by atoms with Crippen LogP contribution in [0.4, 0.5) is 0 Å². The third-order valence-electron chi connectivity index (χ3n) is 3.35. The number of aromatic hydroxyl groups is 1. The molecule has 6 heteroatoms. The molecule has 0 amide bonds. The van der Waals surface area contributed by atoms with Gasteiger partial charge in [0.25, 0.3) is 5.56 Å². The molecule has 22 heavy (non-hydrogen) atoms. The molecule has 2 aromatic rings. The molecule has 1 aliphatic heterocycles. The van der Waals surface area contributed by atoms with Crippen molar-refractivity contribution in [1.82, 2.24) is 9.55 Å². The molecule has 0 aliphatic carbocycles. The Bertz CT molecular complexity index is 935. The van der Waals surface area contributed by atoms with Gasteiger partial charge in [-0.05, 0) is 49.0 Å². The zero-order chi connectivity index (χ0) is 15.7. The van der Waals surface area contributed by atoms with Crippen molar-refractivity contribution < 1.29 is 5.11 Å². The van der Waals surface area contributed by atoms with Gasteiger partial charge in [-0.15, -0.1) is 0 Å². The van der Waals surface area contributed by atoms with Gasteiger partial charge in [-0.1, -0.05) is 18.2 Å². The van der Waals surface area contributed by atoms with E-state index >= 15 is 0 Å². The molecule has 0 fully saturated rings. The summed E-state index contributed by atoms with van der Waals surface area (Å²) >= 11 is 5.19. The predicted octanol–water partition coefficient (Wildman–Crippen LogP) is 2.89. The Morgan fingerprint density at radius 2 is 2.14 bits per heavy atom. The van der Waals surface area contributed by atoms with Crippen molar-refractivity contribution in [3.8, 4) is 11.6 Å². The molecule has 2 N–H and O–H groups in total. The summed E-state index contributed by atoms with van der Waals surface area (Å²) in [5, 5.41) is 10.5. The van der Waals surface area contributed by atoms with E-state index in [9.17, 15) is 9.90 Å². The van der Waals surface area contributed by atoms with E-state index in [1.807, 2.05) is 31.2 Å². The highest BCUT2D eigenvalue weighted by Gasteiger charge is 2.14. The second kappa shape index (κ2) is 5.57. The molecule has 0 saturated heterocycles. The number of hydrogen-bond acceptors (Lipinski definition) is 4. The van der Waals surface area contributed by atoms with Gasteiger partial charge in [-0.3, -0.25) is 19.3 Å². The van der Waals surface area contributed by atoms with Crippen LogP contribution in [-0.2, 0) is 0 Å². The quantitative estimate of drug-likeness (QED) is 0.838. The van der Waals surface area contributed by atoms with Gasteiger partial charge in [0.2, 0.25) is 5.88 Å². The molecular weight excluding hydrogens is 298 g/mol. The highest BCUT2D eigenvalue weighted by Crippen LogP contribution is 2.24. The number of rotatable bonds is 2. The Hall–Kier alpha value is -2.73. The van der Waals surface area contributed by atoms with E-state index in [4.69, 9.17) is 12.2 Å². The largest absolute Gasteiger partial charge is 0.494 e. The van der Waals surface area contributed by atoms with Gasteiger partial charge in [0, 0.05) is 6.21 Å². The molecule has 0 radical (unpaired) electrons. The summed E-state index contributed by atoms with van der Waals surface area (Å²) in [6.45, 7) is 1.91. The van der Waals surface area contributed by atoms with E-state index in [2.05, 4.69) is 9.98 Å². The fourth-order valence-corrected chi connectivity index (χ4v) is 2.53. The average Bonchev–Trinajstić information content (AvgIpc) is 2.98. The first kappa shape index (κ1) is 14.2. The summed E-state index contributed by atoms with van der Waals surface area (Å²) in [6.07, 6.45) is 6.65. The second-order valence-electron chi connectivity index (χ2n) is 4.82. The van der Waals surface area contributed by atoms with Crippen LogP contribution in [0, 0.1) is 11.7 Å². The highest BCUT2D eigenvalue weighted by atomic mass is 32.1. The monoisotopic (exact) mass is 311 g/mol. The van der Waals surface area contributed by atoms with Crippen LogP contribution in [0.1, 0.15) is 11.1 Å². The van der Waals surface area contributed by atoms with Crippen LogP contribution in [0.15, 0.2) is 51.9 Å². The maximum Gasteiger partial charge on any atom is 0.262 e. The molecule has 1 aliphatic rings. The van der Waals surface area contributed by atoms with Gasteiger partial charge in [-0.25, -0.2) is 0 Å². The third kappa shape index (κ3) is 2.44. The Morgan fingerprint density at radius 3 is 2.82 bits per heavy atom. The fourth-order valence-electron chi connectivity index (χ4n) is 2.25. The Balaban J connectivity index is 2.29. The molecule has 1 aromatic heterocycles. The van der Waals surface area contributed by atoms with Crippen LogP contribution in [-0.4, -0.2) is 20.9 Å². The van der Waals surface area contributed by atoms with Crippen LogP contribution >= 0.6 is 12.2 Å². The average molecular weight is 311 g/mol. The number of aromatic amines is 1. The first-order valence-electron chi connectivity index (χ1n) is 6.64. The van der Waals surface area contributed by atoms with Crippen LogP contribution in [0.25, 0.3) is 11.8 Å². The van der Waals surface area contributed by atoms with Crippen molar-refractivity contribution in [3.63, 3.8) is 0 Å².